The van der Waals surface area contributed by atoms with Gasteiger partial charge in [0.05, 0.1) is 44.1 Å². The van der Waals surface area contributed by atoms with Gasteiger partial charge in [-0.1, -0.05) is 71.2 Å². The second-order valence-corrected chi connectivity index (χ2v) is 29.1. The number of pyridine rings is 3. The lowest BCUT2D eigenvalue weighted by Gasteiger charge is -2.29. The Bertz CT molecular complexity index is 4840. The zero-order chi connectivity index (χ0) is 73.2. The first kappa shape index (κ1) is 84.0. The molecule has 0 saturated carbocycles. The number of esters is 2. The van der Waals surface area contributed by atoms with Crippen LogP contribution in [0.1, 0.15) is 159 Å². The first-order chi connectivity index (χ1) is 47.0. The Morgan fingerprint density at radius 3 is 1.07 bits per heavy atom. The number of carbonyl (C=O) groups is 3. The fourth-order valence-corrected chi connectivity index (χ4v) is 12.8. The van der Waals surface area contributed by atoms with Crippen LogP contribution in [0.5, 0.6) is 0 Å². The van der Waals surface area contributed by atoms with Crippen LogP contribution in [0.3, 0.4) is 0 Å². The number of nitrogens with zero attached hydrogens (tertiary/aromatic N) is 9. The molecule has 8 aromatic heterocycles. The largest absolute Gasteiger partial charge is 0.479 e. The van der Waals surface area contributed by atoms with Gasteiger partial charge in [0.25, 0.3) is 0 Å². The van der Waals surface area contributed by atoms with Gasteiger partial charge in [0.1, 0.15) is 29.6 Å². The Labute approximate surface area is 638 Å². The van der Waals surface area contributed by atoms with Gasteiger partial charge in [-0.05, 0) is 194 Å². The molecule has 0 saturated heterocycles. The van der Waals surface area contributed by atoms with Crippen LogP contribution >= 0.6 is 75.3 Å². The van der Waals surface area contributed by atoms with Crippen LogP contribution in [0.15, 0.2) is 110 Å². The van der Waals surface area contributed by atoms with Crippen LogP contribution < -0.4 is 0 Å². The molecule has 2 N–H and O–H groups in total. The van der Waals surface area contributed by atoms with Crippen LogP contribution in [-0.4, -0.2) is 103 Å². The molecule has 8 heterocycles. The molecule has 11 rings (SSSR count). The van der Waals surface area contributed by atoms with Crippen LogP contribution in [0.4, 0.5) is 0 Å². The molecule has 19 nitrogen and oxygen atoms in total. The number of aryl methyl sites for hydroxylation is 7. The summed E-state index contributed by atoms with van der Waals surface area (Å²) < 4.78 is 33.2. The van der Waals surface area contributed by atoms with Gasteiger partial charge in [0.15, 0.2) is 18.3 Å². The van der Waals surface area contributed by atoms with Crippen LogP contribution in [-0.2, 0) is 51.2 Å². The van der Waals surface area contributed by atoms with E-state index in [0.717, 1.165) is 111 Å². The van der Waals surface area contributed by atoms with Crippen molar-refractivity contribution >= 4 is 126 Å². The van der Waals surface area contributed by atoms with Crippen molar-refractivity contribution in [2.75, 3.05) is 14.2 Å². The van der Waals surface area contributed by atoms with Gasteiger partial charge in [0.2, 0.25) is 0 Å². The molecule has 11 aromatic rings. The number of carbonyl (C=O) groups excluding carboxylic acids is 2. The number of carboxylic acid groups (broad SMARTS) is 1. The van der Waals surface area contributed by atoms with E-state index in [1.165, 1.54) is 26.9 Å². The Hall–Kier alpha value is -7.90. The van der Waals surface area contributed by atoms with Gasteiger partial charge < -0.3 is 42.9 Å². The van der Waals surface area contributed by atoms with Crippen molar-refractivity contribution in [1.29, 1.82) is 0 Å². The third-order valence-electron chi connectivity index (χ3n) is 17.2. The highest BCUT2D eigenvalue weighted by Gasteiger charge is 2.38. The van der Waals surface area contributed by atoms with E-state index < -0.39 is 53.0 Å². The lowest BCUT2D eigenvalue weighted by molar-refractivity contribution is -0.164. The van der Waals surface area contributed by atoms with E-state index in [1.54, 1.807) is 24.8 Å². The van der Waals surface area contributed by atoms with Crippen molar-refractivity contribution < 1.29 is 43.2 Å². The number of H-pyrrole nitrogens is 1. The Kier molecular flexibility index (Phi) is 28.0. The highest BCUT2D eigenvalue weighted by molar-refractivity contribution is 7.59. The molecule has 548 valence electrons. The maximum absolute atomic E-state index is 13.1. The summed E-state index contributed by atoms with van der Waals surface area (Å²) in [6.45, 7) is 36.1. The molecule has 25 heteroatoms. The smallest absolute Gasteiger partial charge is 0.339 e. The monoisotopic (exact) mass is 1510 g/mol. The molecular formula is C78H93Cl3N10O9S3. The summed E-state index contributed by atoms with van der Waals surface area (Å²) in [7, 11) is 2.74. The highest BCUT2D eigenvalue weighted by atomic mass is 35.5. The number of hydrogen-bond donors (Lipinski definition) is 2. The minimum absolute atomic E-state index is 0. The van der Waals surface area contributed by atoms with Crippen molar-refractivity contribution in [3.63, 3.8) is 0 Å². The van der Waals surface area contributed by atoms with Crippen LogP contribution in [0.25, 0.3) is 66.5 Å². The highest BCUT2D eigenvalue weighted by Crippen LogP contribution is 2.46. The number of nitrogens with one attached hydrogen (secondary N) is 1. The fraction of sp³-hybridized carbons (Fsp3) is 0.359. The maximum atomic E-state index is 13.1. The van der Waals surface area contributed by atoms with Gasteiger partial charge in [-0.3, -0.25) is 0 Å². The van der Waals surface area contributed by atoms with E-state index >= 15 is 0 Å². The van der Waals surface area contributed by atoms with E-state index in [9.17, 15) is 19.5 Å². The van der Waals surface area contributed by atoms with Crippen LogP contribution in [0.2, 0.25) is 15.1 Å². The topological polar surface area (TPSA) is 233 Å². The molecule has 0 radical (unpaired) electrons. The number of hydrogen-bond acceptors (Lipinski definition) is 15. The van der Waals surface area contributed by atoms with E-state index in [2.05, 4.69) is 47.9 Å². The number of aromatic nitrogens is 10. The van der Waals surface area contributed by atoms with Gasteiger partial charge in [-0.25, -0.2) is 49.3 Å². The van der Waals surface area contributed by atoms with Crippen molar-refractivity contribution in [3.8, 4) is 33.4 Å². The molecule has 0 spiro atoms. The number of rotatable bonds is 16. The van der Waals surface area contributed by atoms with E-state index in [0.29, 0.717) is 61.9 Å². The molecule has 3 aromatic carbocycles. The summed E-state index contributed by atoms with van der Waals surface area (Å²) in [5.41, 5.74) is 18.0. The van der Waals surface area contributed by atoms with Gasteiger partial charge in [-0.2, -0.15) is 40.5 Å². The Morgan fingerprint density at radius 2 is 0.757 bits per heavy atom. The number of ether oxygens (including phenoxy) is 5. The molecule has 103 heavy (non-hydrogen) atoms. The molecule has 0 fully saturated rings. The molecule has 0 amide bonds. The third kappa shape index (κ3) is 19.0. The molecule has 0 aliphatic rings. The number of aliphatic carboxylic acids is 1. The number of aromatic amines is 1. The molecule has 0 bridgehead atoms. The summed E-state index contributed by atoms with van der Waals surface area (Å²) in [6.07, 6.45) is 7.15. The maximum Gasteiger partial charge on any atom is 0.339 e. The molecule has 0 aliphatic carbocycles. The number of benzene rings is 3. The lowest BCUT2D eigenvalue weighted by atomic mass is 9.91. The molecule has 0 aliphatic heterocycles. The average Bonchev–Trinajstić information content (AvgIpc) is 1.65. The zero-order valence-corrected chi connectivity index (χ0v) is 67.2. The van der Waals surface area contributed by atoms with Crippen molar-refractivity contribution in [2.24, 2.45) is 0 Å². The third-order valence-corrected chi connectivity index (χ3v) is 18.0. The first-order valence-electron chi connectivity index (χ1n) is 32.7. The van der Waals surface area contributed by atoms with Crippen LogP contribution in [0, 0.1) is 62.3 Å². The molecule has 3 atom stereocenters. The summed E-state index contributed by atoms with van der Waals surface area (Å²) in [4.78, 5) is 73.1. The van der Waals surface area contributed by atoms with Gasteiger partial charge in [-0.15, -0.1) is 0 Å². The summed E-state index contributed by atoms with van der Waals surface area (Å²) in [5.74, 6) is -1.99. The summed E-state index contributed by atoms with van der Waals surface area (Å²) >= 11 is 18.6. The SMILES string of the molecule is COC(=O)[C@@H](OC(C)(C)C)c1c(C)nc2[nH]c(C)c(C)c2c1-c1ccc(Cl)cc1.COC(=O)[C@@H](OC(C)(C)C)c1c(C)nc2c(c(C)c(C)n2Cc2cncnc2)c1-c1ccc(Cl)cc1.Cc1nc2c(c(C)c(C)n2Cc2cncnc2)c(-c2ccc(Cl)cc2)c1[C@H](OC(C)(C)C)C(=O)O.S.S.S. The fourth-order valence-electron chi connectivity index (χ4n) is 12.5. The van der Waals surface area contributed by atoms with E-state index in [4.69, 9.17) is 73.4 Å². The van der Waals surface area contributed by atoms with Gasteiger partial charge >= 0.3 is 17.9 Å². The summed E-state index contributed by atoms with van der Waals surface area (Å²) in [5, 5.41) is 14.9. The molecule has 0 unspecified atom stereocenters. The van der Waals surface area contributed by atoms with Gasteiger partial charge in [0, 0.05) is 135 Å². The minimum atomic E-state index is -1.19. The standard InChI is InChI=1S/C28H31ClN4O3.C27H29ClN4O3.C23H27ClN2O3.3H2S/c1-16-18(3)33(14-19-12-30-15-31-13-19)26-22(16)24(20-8-10-21(29)11-9-20)23(17(2)32-26)25(27(34)35-7)36-28(4,5)6;1-15-17(3)32(13-18-11-29-14-30-12-18)25-21(15)23(19-7-9-20(28)10-8-19)22(16(2)31-25)24(26(33)34)35-27(4,5)6;1-12-13(2)25-21-17(12)19(15-8-10-16(24)11-9-15)18(14(3)26-21)20(22(27)28-7)29-23(4,5)6;;;/h8-13,15,25H,14H2,1-7H3;7-12,14,24H,13H2,1-6H3,(H,33,34);8-11,20H,1-7H3,(H,25,26);3*1H2/t25-;24-;20-;;;/m000.../s1. The second-order valence-electron chi connectivity index (χ2n) is 27.8. The number of carboxylic acids is 1. The zero-order valence-electron chi connectivity index (χ0n) is 61.9. The van der Waals surface area contributed by atoms with Crippen molar-refractivity contribution in [1.82, 2.24) is 49.0 Å². The Morgan fingerprint density at radius 1 is 0.456 bits per heavy atom. The lowest BCUT2D eigenvalue weighted by Crippen LogP contribution is -2.29. The number of halogens is 3. The van der Waals surface area contributed by atoms with E-state index in [1.807, 2.05) is 184 Å². The molecular weight excluding hydrogens is 1420 g/mol. The normalized spacial score (nSPS) is 12.4. The van der Waals surface area contributed by atoms with E-state index in [-0.39, 0.29) is 40.5 Å². The predicted molar refractivity (Wildman–Crippen MR) is 425 cm³/mol. The van der Waals surface area contributed by atoms with Crippen molar-refractivity contribution in [3.05, 3.63) is 204 Å². The second kappa shape index (κ2) is 34.3. The van der Waals surface area contributed by atoms with Crippen molar-refractivity contribution in [2.45, 2.75) is 173 Å². The minimum Gasteiger partial charge on any atom is -0.479 e. The quantitative estimate of drug-likeness (QED) is 0.0856. The first-order valence-corrected chi connectivity index (χ1v) is 33.8. The Balaban J connectivity index is 0.000000241. The predicted octanol–water partition coefficient (Wildman–Crippen LogP) is 18.4. The number of methoxy groups -OCH3 is 2. The number of fused-ring (bicyclic) bond motifs is 3. The summed E-state index contributed by atoms with van der Waals surface area (Å²) in [6, 6.07) is 22.6. The average molecular weight is 1520 g/mol.